The lowest BCUT2D eigenvalue weighted by Gasteiger charge is -2.22. The zero-order chi connectivity index (χ0) is 12.3. The monoisotopic (exact) mass is 239 g/mol. The van der Waals surface area contributed by atoms with Crippen LogP contribution in [0.4, 0.5) is 5.95 Å². The first-order chi connectivity index (χ1) is 7.33. The van der Waals surface area contributed by atoms with Gasteiger partial charge in [-0.1, -0.05) is 12.2 Å². The molecule has 0 atom stereocenters. The number of thiocarbonyl (C=S) groups is 1. The summed E-state index contributed by atoms with van der Waals surface area (Å²) in [5.41, 5.74) is 10.1. The van der Waals surface area contributed by atoms with Crippen LogP contribution < -0.4 is 16.8 Å². The predicted octanol–water partition coefficient (Wildman–Crippen LogP) is -0.213. The van der Waals surface area contributed by atoms with Gasteiger partial charge in [-0.2, -0.15) is 0 Å². The number of nitrogens with two attached hydrogens (primary N) is 2. The Morgan fingerprint density at radius 2 is 2.12 bits per heavy atom. The molecule has 6 nitrogen and oxygen atoms in total. The Morgan fingerprint density at radius 3 is 2.62 bits per heavy atom. The summed E-state index contributed by atoms with van der Waals surface area (Å²) in [5, 5.41) is 2.80. The van der Waals surface area contributed by atoms with Crippen molar-refractivity contribution in [3.05, 3.63) is 18.0 Å². The second-order valence-corrected chi connectivity index (χ2v) is 4.18. The SMILES string of the molecule is CC(C)(Nc1nccc(C(N)=S)n1)C(N)=O. The van der Waals surface area contributed by atoms with Crippen LogP contribution in [-0.2, 0) is 4.79 Å². The lowest BCUT2D eigenvalue weighted by Crippen LogP contribution is -2.45. The van der Waals surface area contributed by atoms with E-state index in [2.05, 4.69) is 15.3 Å². The molecule has 0 aliphatic carbocycles. The molecule has 0 fully saturated rings. The van der Waals surface area contributed by atoms with Gasteiger partial charge in [0.15, 0.2) is 0 Å². The molecule has 0 aliphatic heterocycles. The van der Waals surface area contributed by atoms with E-state index in [0.29, 0.717) is 5.69 Å². The van der Waals surface area contributed by atoms with E-state index in [-0.39, 0.29) is 10.9 Å². The van der Waals surface area contributed by atoms with E-state index in [1.54, 1.807) is 19.9 Å². The van der Waals surface area contributed by atoms with Crippen LogP contribution in [0.25, 0.3) is 0 Å². The molecule has 16 heavy (non-hydrogen) atoms. The van der Waals surface area contributed by atoms with Crippen molar-refractivity contribution < 1.29 is 4.79 Å². The highest BCUT2D eigenvalue weighted by Gasteiger charge is 2.25. The molecule has 7 heteroatoms. The van der Waals surface area contributed by atoms with Gasteiger partial charge in [0, 0.05) is 6.20 Å². The molecule has 0 saturated heterocycles. The number of rotatable bonds is 4. The molecule has 0 bridgehead atoms. The minimum absolute atomic E-state index is 0.169. The van der Waals surface area contributed by atoms with Crippen molar-refractivity contribution in [2.45, 2.75) is 19.4 Å². The Kier molecular flexibility index (Phi) is 3.38. The van der Waals surface area contributed by atoms with E-state index < -0.39 is 11.4 Å². The van der Waals surface area contributed by atoms with Gasteiger partial charge in [-0.15, -0.1) is 0 Å². The van der Waals surface area contributed by atoms with Crippen molar-refractivity contribution in [2.75, 3.05) is 5.32 Å². The number of hydrogen-bond donors (Lipinski definition) is 3. The molecule has 0 saturated carbocycles. The molecule has 0 unspecified atom stereocenters. The summed E-state index contributed by atoms with van der Waals surface area (Å²) in [6.07, 6.45) is 1.50. The van der Waals surface area contributed by atoms with Gasteiger partial charge in [0.1, 0.15) is 16.2 Å². The van der Waals surface area contributed by atoms with Crippen molar-refractivity contribution in [3.8, 4) is 0 Å². The van der Waals surface area contributed by atoms with Crippen LogP contribution in [0, 0.1) is 0 Å². The number of carbonyl (C=O) groups excluding carboxylic acids is 1. The van der Waals surface area contributed by atoms with E-state index in [0.717, 1.165) is 0 Å². The fourth-order valence-electron chi connectivity index (χ4n) is 0.897. The molecular weight excluding hydrogens is 226 g/mol. The summed E-state index contributed by atoms with van der Waals surface area (Å²) in [6, 6.07) is 1.59. The fourth-order valence-corrected chi connectivity index (χ4v) is 1.01. The Bertz CT molecular complexity index is 432. The van der Waals surface area contributed by atoms with Gasteiger partial charge in [-0.05, 0) is 19.9 Å². The molecule has 0 aliphatic rings. The minimum atomic E-state index is -0.936. The molecule has 1 aromatic rings. The maximum Gasteiger partial charge on any atom is 0.242 e. The topological polar surface area (TPSA) is 107 Å². The third-order valence-electron chi connectivity index (χ3n) is 1.95. The highest BCUT2D eigenvalue weighted by Crippen LogP contribution is 2.10. The van der Waals surface area contributed by atoms with Crippen molar-refractivity contribution in [3.63, 3.8) is 0 Å². The molecular formula is C9H13N5OS. The number of nitrogens with one attached hydrogen (secondary N) is 1. The summed E-state index contributed by atoms with van der Waals surface area (Å²) in [4.78, 5) is 19.3. The van der Waals surface area contributed by atoms with E-state index in [1.165, 1.54) is 6.20 Å². The van der Waals surface area contributed by atoms with Gasteiger partial charge in [-0.3, -0.25) is 4.79 Å². The smallest absolute Gasteiger partial charge is 0.242 e. The van der Waals surface area contributed by atoms with Crippen LogP contribution in [0.5, 0.6) is 0 Å². The molecule has 5 N–H and O–H groups in total. The highest BCUT2D eigenvalue weighted by atomic mass is 32.1. The number of anilines is 1. The van der Waals surface area contributed by atoms with Gasteiger partial charge in [0.2, 0.25) is 11.9 Å². The molecule has 1 rings (SSSR count). The number of amides is 1. The van der Waals surface area contributed by atoms with Gasteiger partial charge < -0.3 is 16.8 Å². The molecule has 1 heterocycles. The van der Waals surface area contributed by atoms with Crippen LogP contribution in [0.2, 0.25) is 0 Å². The lowest BCUT2D eigenvalue weighted by molar-refractivity contribution is -0.121. The normalized spacial score (nSPS) is 10.9. The van der Waals surface area contributed by atoms with Gasteiger partial charge in [-0.25, -0.2) is 9.97 Å². The van der Waals surface area contributed by atoms with Crippen LogP contribution in [-0.4, -0.2) is 26.4 Å². The Hall–Kier alpha value is -1.76. The molecule has 86 valence electrons. The van der Waals surface area contributed by atoms with E-state index in [4.69, 9.17) is 23.7 Å². The van der Waals surface area contributed by atoms with Gasteiger partial charge in [0.05, 0.1) is 0 Å². The second kappa shape index (κ2) is 4.40. The summed E-state index contributed by atoms with van der Waals surface area (Å²) in [5.74, 6) is -0.245. The van der Waals surface area contributed by atoms with Crippen molar-refractivity contribution in [2.24, 2.45) is 11.5 Å². The molecule has 1 aromatic heterocycles. The van der Waals surface area contributed by atoms with Crippen molar-refractivity contribution in [1.29, 1.82) is 0 Å². The Morgan fingerprint density at radius 1 is 1.50 bits per heavy atom. The maximum atomic E-state index is 11.1. The average Bonchev–Trinajstić information content (AvgIpc) is 2.17. The number of primary amides is 1. The lowest BCUT2D eigenvalue weighted by atomic mass is 10.1. The summed E-state index contributed by atoms with van der Waals surface area (Å²) < 4.78 is 0. The molecule has 0 radical (unpaired) electrons. The zero-order valence-electron chi connectivity index (χ0n) is 9.02. The summed E-state index contributed by atoms with van der Waals surface area (Å²) >= 11 is 4.78. The number of carbonyl (C=O) groups is 1. The third kappa shape index (κ3) is 2.86. The summed E-state index contributed by atoms with van der Waals surface area (Å²) in [6.45, 7) is 3.26. The predicted molar refractivity (Wildman–Crippen MR) is 64.8 cm³/mol. The van der Waals surface area contributed by atoms with Crippen molar-refractivity contribution >= 4 is 29.1 Å². The standard InChI is InChI=1S/C9H13N5OS/c1-9(2,7(11)15)14-8-12-4-3-5(13-8)6(10)16/h3-4H,1-2H3,(H2,10,16)(H2,11,15)(H,12,13,14). The first-order valence-electron chi connectivity index (χ1n) is 4.54. The fraction of sp³-hybridized carbons (Fsp3) is 0.333. The number of hydrogen-bond acceptors (Lipinski definition) is 5. The quantitative estimate of drug-likeness (QED) is 0.627. The van der Waals surface area contributed by atoms with Crippen molar-refractivity contribution in [1.82, 2.24) is 9.97 Å². The van der Waals surface area contributed by atoms with Gasteiger partial charge >= 0.3 is 0 Å². The van der Waals surface area contributed by atoms with E-state index in [9.17, 15) is 4.79 Å². The molecule has 0 spiro atoms. The number of nitrogens with zero attached hydrogens (tertiary/aromatic N) is 2. The Labute approximate surface area is 98.4 Å². The average molecular weight is 239 g/mol. The minimum Gasteiger partial charge on any atom is -0.388 e. The van der Waals surface area contributed by atoms with E-state index in [1.807, 2.05) is 0 Å². The second-order valence-electron chi connectivity index (χ2n) is 3.74. The van der Waals surface area contributed by atoms with E-state index >= 15 is 0 Å². The van der Waals surface area contributed by atoms with Crippen LogP contribution >= 0.6 is 12.2 Å². The number of aromatic nitrogens is 2. The highest BCUT2D eigenvalue weighted by molar-refractivity contribution is 7.80. The zero-order valence-corrected chi connectivity index (χ0v) is 9.84. The van der Waals surface area contributed by atoms with Gasteiger partial charge in [0.25, 0.3) is 0 Å². The third-order valence-corrected chi connectivity index (χ3v) is 2.16. The largest absolute Gasteiger partial charge is 0.388 e. The first-order valence-corrected chi connectivity index (χ1v) is 4.94. The Balaban J connectivity index is 2.94. The molecule has 0 aromatic carbocycles. The van der Waals surface area contributed by atoms with Crippen LogP contribution in [0.15, 0.2) is 12.3 Å². The van der Waals surface area contributed by atoms with Crippen LogP contribution in [0.1, 0.15) is 19.5 Å². The molecule has 1 amide bonds. The maximum absolute atomic E-state index is 11.1. The summed E-state index contributed by atoms with van der Waals surface area (Å²) in [7, 11) is 0. The van der Waals surface area contributed by atoms with Crippen LogP contribution in [0.3, 0.4) is 0 Å². The first kappa shape index (κ1) is 12.3.